The Hall–Kier alpha value is -0.830. The molecule has 12 heavy (non-hydrogen) atoms. The number of rotatable bonds is 4. The number of hydrogen-bond donors (Lipinski definition) is 1. The molecule has 0 spiro atoms. The molecule has 3 heteroatoms. The molecule has 1 saturated carbocycles. The third-order valence-electron chi connectivity index (χ3n) is 2.44. The van der Waals surface area contributed by atoms with Crippen LogP contribution in [0.5, 0.6) is 0 Å². The third kappa shape index (κ3) is 1.50. The average Bonchev–Trinajstić information content (AvgIpc) is 2.74. The fraction of sp³-hybridized carbons (Fsp3) is 0.667. The van der Waals surface area contributed by atoms with E-state index in [2.05, 4.69) is 11.3 Å². The zero-order valence-corrected chi connectivity index (χ0v) is 7.38. The van der Waals surface area contributed by atoms with Gasteiger partial charge in [-0.15, -0.1) is 6.58 Å². The number of carbonyl (C=O) groups excluding carboxylic acids is 1. The second-order valence-corrected chi connectivity index (χ2v) is 3.30. The van der Waals surface area contributed by atoms with Gasteiger partial charge in [0.2, 0.25) is 0 Å². The van der Waals surface area contributed by atoms with Gasteiger partial charge in [-0.3, -0.25) is 4.79 Å². The maximum Gasteiger partial charge on any atom is 0.326 e. The third-order valence-corrected chi connectivity index (χ3v) is 2.44. The van der Waals surface area contributed by atoms with Crippen LogP contribution in [0, 0.1) is 5.92 Å². The summed E-state index contributed by atoms with van der Waals surface area (Å²) >= 11 is 0. The number of esters is 1. The van der Waals surface area contributed by atoms with Gasteiger partial charge in [0.05, 0.1) is 7.11 Å². The highest BCUT2D eigenvalue weighted by atomic mass is 16.5. The van der Waals surface area contributed by atoms with E-state index in [1.54, 1.807) is 0 Å². The molecule has 3 nitrogen and oxygen atoms in total. The standard InChI is InChI=1S/C9H15NO2/c1-3-4-5-7-6-9(7,10)8(11)12-2/h3,7H,1,4-6,10H2,2H3/t7-,9-/m1/s1. The van der Waals surface area contributed by atoms with Crippen LogP contribution in [0.15, 0.2) is 12.7 Å². The summed E-state index contributed by atoms with van der Waals surface area (Å²) in [4.78, 5) is 11.1. The summed E-state index contributed by atoms with van der Waals surface area (Å²) in [6.45, 7) is 3.62. The summed E-state index contributed by atoms with van der Waals surface area (Å²) in [5.74, 6) is 0.0134. The molecule has 0 bridgehead atoms. The maximum absolute atomic E-state index is 11.1. The normalized spacial score (nSPS) is 32.7. The van der Waals surface area contributed by atoms with E-state index in [0.717, 1.165) is 19.3 Å². The molecule has 0 amide bonds. The highest BCUT2D eigenvalue weighted by molar-refractivity contribution is 5.84. The molecule has 2 N–H and O–H groups in total. The Bertz CT molecular complexity index is 203. The molecule has 0 aromatic carbocycles. The van der Waals surface area contributed by atoms with Gasteiger partial charge in [0.1, 0.15) is 5.54 Å². The first-order valence-electron chi connectivity index (χ1n) is 4.13. The smallest absolute Gasteiger partial charge is 0.326 e. The maximum atomic E-state index is 11.1. The van der Waals surface area contributed by atoms with E-state index >= 15 is 0 Å². The minimum Gasteiger partial charge on any atom is -0.468 e. The van der Waals surface area contributed by atoms with Crippen molar-refractivity contribution in [3.8, 4) is 0 Å². The Morgan fingerprint density at radius 1 is 1.92 bits per heavy atom. The van der Waals surface area contributed by atoms with Crippen molar-refractivity contribution in [2.24, 2.45) is 11.7 Å². The molecule has 0 unspecified atom stereocenters. The van der Waals surface area contributed by atoms with Gasteiger partial charge in [0, 0.05) is 0 Å². The van der Waals surface area contributed by atoms with Crippen molar-refractivity contribution >= 4 is 5.97 Å². The van der Waals surface area contributed by atoms with Crippen molar-refractivity contribution in [2.45, 2.75) is 24.8 Å². The molecule has 0 aromatic heterocycles. The van der Waals surface area contributed by atoms with Gasteiger partial charge in [-0.1, -0.05) is 6.08 Å². The number of carbonyl (C=O) groups is 1. The van der Waals surface area contributed by atoms with Gasteiger partial charge in [-0.2, -0.15) is 0 Å². The Morgan fingerprint density at radius 2 is 2.58 bits per heavy atom. The molecule has 0 aromatic rings. The predicted octanol–water partition coefficient (Wildman–Crippen LogP) is 0.843. The molecule has 1 fully saturated rings. The highest BCUT2D eigenvalue weighted by Crippen LogP contribution is 2.45. The first kappa shape index (κ1) is 9.26. The molecule has 2 atom stereocenters. The van der Waals surface area contributed by atoms with E-state index in [0.29, 0.717) is 5.92 Å². The van der Waals surface area contributed by atoms with Gasteiger partial charge < -0.3 is 10.5 Å². The van der Waals surface area contributed by atoms with E-state index in [1.807, 2.05) is 6.08 Å². The lowest BCUT2D eigenvalue weighted by molar-refractivity contribution is -0.143. The lowest BCUT2D eigenvalue weighted by atomic mass is 10.1. The van der Waals surface area contributed by atoms with Crippen molar-refractivity contribution < 1.29 is 9.53 Å². The minimum absolute atomic E-state index is 0.281. The van der Waals surface area contributed by atoms with Gasteiger partial charge in [-0.05, 0) is 25.2 Å². The lowest BCUT2D eigenvalue weighted by Crippen LogP contribution is -2.36. The Kier molecular flexibility index (Phi) is 2.52. The van der Waals surface area contributed by atoms with Crippen LogP contribution >= 0.6 is 0 Å². The molecular formula is C9H15NO2. The van der Waals surface area contributed by atoms with Gasteiger partial charge in [-0.25, -0.2) is 0 Å². The van der Waals surface area contributed by atoms with Crippen LogP contribution in [0.2, 0.25) is 0 Å². The van der Waals surface area contributed by atoms with Crippen LogP contribution in [-0.4, -0.2) is 18.6 Å². The zero-order chi connectivity index (χ0) is 9.19. The van der Waals surface area contributed by atoms with Crippen molar-refractivity contribution in [3.63, 3.8) is 0 Å². The fourth-order valence-electron chi connectivity index (χ4n) is 1.47. The molecule has 68 valence electrons. The summed E-state index contributed by atoms with van der Waals surface area (Å²) in [5, 5.41) is 0. The fourth-order valence-corrected chi connectivity index (χ4v) is 1.47. The van der Waals surface area contributed by atoms with Crippen LogP contribution < -0.4 is 5.73 Å². The lowest BCUT2D eigenvalue weighted by Gasteiger charge is -2.07. The summed E-state index contributed by atoms with van der Waals surface area (Å²) in [5.41, 5.74) is 5.09. The molecule has 1 rings (SSSR count). The Balaban J connectivity index is 2.37. The van der Waals surface area contributed by atoms with Crippen molar-refractivity contribution in [2.75, 3.05) is 7.11 Å². The van der Waals surface area contributed by atoms with Gasteiger partial charge >= 0.3 is 5.97 Å². The summed E-state index contributed by atoms with van der Waals surface area (Å²) in [6.07, 6.45) is 4.46. The number of hydrogen-bond acceptors (Lipinski definition) is 3. The van der Waals surface area contributed by atoms with Gasteiger partial charge in [0.25, 0.3) is 0 Å². The average molecular weight is 169 g/mol. The van der Waals surface area contributed by atoms with E-state index in [-0.39, 0.29) is 5.97 Å². The second kappa shape index (κ2) is 3.27. The summed E-state index contributed by atoms with van der Waals surface area (Å²) in [6, 6.07) is 0. The molecule has 0 aliphatic heterocycles. The minimum atomic E-state index is -0.683. The monoisotopic (exact) mass is 169 g/mol. The Morgan fingerprint density at radius 3 is 3.08 bits per heavy atom. The molecule has 0 saturated heterocycles. The molecule has 1 aliphatic carbocycles. The van der Waals surface area contributed by atoms with Crippen molar-refractivity contribution in [1.29, 1.82) is 0 Å². The van der Waals surface area contributed by atoms with E-state index < -0.39 is 5.54 Å². The van der Waals surface area contributed by atoms with Crippen molar-refractivity contribution in [1.82, 2.24) is 0 Å². The molecular weight excluding hydrogens is 154 g/mol. The molecule has 1 aliphatic rings. The van der Waals surface area contributed by atoms with Crippen LogP contribution in [0.3, 0.4) is 0 Å². The summed E-state index contributed by atoms with van der Waals surface area (Å²) < 4.78 is 4.60. The van der Waals surface area contributed by atoms with Crippen LogP contribution in [0.4, 0.5) is 0 Å². The van der Waals surface area contributed by atoms with E-state index in [1.165, 1.54) is 7.11 Å². The van der Waals surface area contributed by atoms with Crippen LogP contribution in [0.1, 0.15) is 19.3 Å². The SMILES string of the molecule is C=CCC[C@@H]1C[C@]1(N)C(=O)OC. The first-order chi connectivity index (χ1) is 5.65. The zero-order valence-electron chi connectivity index (χ0n) is 7.38. The largest absolute Gasteiger partial charge is 0.468 e. The quantitative estimate of drug-likeness (QED) is 0.501. The topological polar surface area (TPSA) is 52.3 Å². The molecule has 0 heterocycles. The number of ether oxygens (including phenoxy) is 1. The second-order valence-electron chi connectivity index (χ2n) is 3.30. The predicted molar refractivity (Wildman–Crippen MR) is 46.5 cm³/mol. The molecule has 0 radical (unpaired) electrons. The number of methoxy groups -OCH3 is 1. The van der Waals surface area contributed by atoms with E-state index in [9.17, 15) is 4.79 Å². The number of nitrogens with two attached hydrogens (primary N) is 1. The number of allylic oxidation sites excluding steroid dienone is 1. The van der Waals surface area contributed by atoms with Crippen LogP contribution in [0.25, 0.3) is 0 Å². The Labute approximate surface area is 72.6 Å². The first-order valence-corrected chi connectivity index (χ1v) is 4.13. The van der Waals surface area contributed by atoms with Crippen molar-refractivity contribution in [3.05, 3.63) is 12.7 Å². The highest BCUT2D eigenvalue weighted by Gasteiger charge is 2.57. The van der Waals surface area contributed by atoms with Gasteiger partial charge in [0.15, 0.2) is 0 Å². The summed E-state index contributed by atoms with van der Waals surface area (Å²) in [7, 11) is 1.37. The van der Waals surface area contributed by atoms with Crippen LogP contribution in [-0.2, 0) is 9.53 Å². The van der Waals surface area contributed by atoms with E-state index in [4.69, 9.17) is 5.73 Å².